The van der Waals surface area contributed by atoms with Gasteiger partial charge in [-0.15, -0.1) is 0 Å². The van der Waals surface area contributed by atoms with Crippen LogP contribution in [0.3, 0.4) is 0 Å². The highest BCUT2D eigenvalue weighted by Crippen LogP contribution is 2.21. The highest BCUT2D eigenvalue weighted by atomic mass is 19.1. The van der Waals surface area contributed by atoms with Gasteiger partial charge in [0.25, 0.3) is 5.72 Å². The third-order valence-corrected chi connectivity index (χ3v) is 4.26. The number of aryl methyl sites for hydroxylation is 1. The standard InChI is InChI=1S/C21H25FN2O3.C2H6/c1-4-27-20(25)21(26,23-3)15-24(19-11-5-16(2)6-12-19)14-13-17-7-9-18(22)10-8-17;1-2/h5-12,26H,3-4,13-15H2,1-2H3;1-2H3. The highest BCUT2D eigenvalue weighted by Gasteiger charge is 2.38. The summed E-state index contributed by atoms with van der Waals surface area (Å²) in [6.07, 6.45) is 0.601. The van der Waals surface area contributed by atoms with Crippen LogP contribution in [0, 0.1) is 12.7 Å². The molecule has 0 fully saturated rings. The second-order valence-corrected chi connectivity index (χ2v) is 6.33. The molecule has 0 saturated heterocycles. The van der Waals surface area contributed by atoms with E-state index in [0.717, 1.165) is 16.8 Å². The summed E-state index contributed by atoms with van der Waals surface area (Å²) < 4.78 is 18.0. The molecule has 0 spiro atoms. The van der Waals surface area contributed by atoms with Crippen LogP contribution in [0.5, 0.6) is 0 Å². The molecular formula is C23H31FN2O3. The van der Waals surface area contributed by atoms with E-state index in [9.17, 15) is 14.3 Å². The Morgan fingerprint density at radius 3 is 2.28 bits per heavy atom. The summed E-state index contributed by atoms with van der Waals surface area (Å²) in [4.78, 5) is 17.6. The van der Waals surface area contributed by atoms with E-state index in [1.807, 2.05) is 49.9 Å². The topological polar surface area (TPSA) is 62.1 Å². The third-order valence-electron chi connectivity index (χ3n) is 4.26. The largest absolute Gasteiger partial charge is 0.462 e. The van der Waals surface area contributed by atoms with Gasteiger partial charge in [0.05, 0.1) is 13.2 Å². The van der Waals surface area contributed by atoms with Gasteiger partial charge in [-0.3, -0.25) is 4.99 Å². The Morgan fingerprint density at radius 1 is 1.17 bits per heavy atom. The van der Waals surface area contributed by atoms with Gasteiger partial charge >= 0.3 is 5.97 Å². The number of hydrogen-bond donors (Lipinski definition) is 1. The normalized spacial score (nSPS) is 12.2. The smallest absolute Gasteiger partial charge is 0.363 e. The summed E-state index contributed by atoms with van der Waals surface area (Å²) >= 11 is 0. The fraction of sp³-hybridized carbons (Fsp3) is 0.391. The molecule has 0 amide bonds. The fourth-order valence-corrected chi connectivity index (χ4v) is 2.66. The van der Waals surface area contributed by atoms with Crippen molar-refractivity contribution >= 4 is 18.4 Å². The predicted octanol–water partition coefficient (Wildman–Crippen LogP) is 4.16. The second-order valence-electron chi connectivity index (χ2n) is 6.33. The van der Waals surface area contributed by atoms with Crippen molar-refractivity contribution in [2.75, 3.05) is 24.6 Å². The van der Waals surface area contributed by atoms with Crippen molar-refractivity contribution in [2.45, 2.75) is 39.8 Å². The Bertz CT molecular complexity index is 763. The zero-order chi connectivity index (χ0) is 21.9. The Balaban J connectivity index is 0.00000204. The number of carbonyl (C=O) groups excluding carboxylic acids is 1. The Morgan fingerprint density at radius 2 is 1.76 bits per heavy atom. The van der Waals surface area contributed by atoms with Crippen molar-refractivity contribution in [2.24, 2.45) is 4.99 Å². The van der Waals surface area contributed by atoms with E-state index < -0.39 is 11.7 Å². The monoisotopic (exact) mass is 402 g/mol. The number of aliphatic hydroxyl groups is 1. The number of esters is 1. The van der Waals surface area contributed by atoms with Crippen LogP contribution in [0.4, 0.5) is 10.1 Å². The molecule has 2 aromatic rings. The van der Waals surface area contributed by atoms with E-state index >= 15 is 0 Å². The van der Waals surface area contributed by atoms with Gasteiger partial charge in [0.15, 0.2) is 0 Å². The van der Waals surface area contributed by atoms with Crippen LogP contribution in [-0.2, 0) is 16.0 Å². The maximum absolute atomic E-state index is 13.1. The first kappa shape index (κ1) is 24.3. The Labute approximate surface area is 172 Å². The number of benzene rings is 2. The maximum atomic E-state index is 13.1. The van der Waals surface area contributed by atoms with Crippen LogP contribution in [0.1, 0.15) is 31.9 Å². The second kappa shape index (κ2) is 12.0. The predicted molar refractivity (Wildman–Crippen MR) is 116 cm³/mol. The molecular weight excluding hydrogens is 371 g/mol. The SMILES string of the molecule is C=NC(O)(CN(CCc1ccc(F)cc1)c1ccc(C)cc1)C(=O)OCC.CC. The van der Waals surface area contributed by atoms with Crippen LogP contribution >= 0.6 is 0 Å². The van der Waals surface area contributed by atoms with Gasteiger partial charge in [-0.1, -0.05) is 43.7 Å². The minimum absolute atomic E-state index is 0.0976. The van der Waals surface area contributed by atoms with E-state index in [1.54, 1.807) is 19.1 Å². The van der Waals surface area contributed by atoms with Crippen molar-refractivity contribution in [3.05, 3.63) is 65.5 Å². The maximum Gasteiger partial charge on any atom is 0.363 e. The fourth-order valence-electron chi connectivity index (χ4n) is 2.66. The molecule has 0 bridgehead atoms. The average molecular weight is 403 g/mol. The Kier molecular flexibility index (Phi) is 10.0. The lowest BCUT2D eigenvalue weighted by atomic mass is 10.1. The summed E-state index contributed by atoms with van der Waals surface area (Å²) in [7, 11) is 0. The lowest BCUT2D eigenvalue weighted by Gasteiger charge is -2.31. The van der Waals surface area contributed by atoms with Crippen molar-refractivity contribution in [1.82, 2.24) is 0 Å². The van der Waals surface area contributed by atoms with Gasteiger partial charge in [-0.25, -0.2) is 9.18 Å². The van der Waals surface area contributed by atoms with Crippen molar-refractivity contribution < 1.29 is 19.0 Å². The van der Waals surface area contributed by atoms with E-state index in [4.69, 9.17) is 4.74 Å². The van der Waals surface area contributed by atoms with Gasteiger partial charge in [-0.2, -0.15) is 0 Å². The summed E-state index contributed by atoms with van der Waals surface area (Å²) in [5, 5.41) is 10.6. The molecule has 2 rings (SSSR count). The molecule has 158 valence electrons. The molecule has 1 unspecified atom stereocenters. The molecule has 0 saturated carbocycles. The van der Waals surface area contributed by atoms with Gasteiger partial charge in [0, 0.05) is 12.2 Å². The number of halogens is 1. The molecule has 1 atom stereocenters. The highest BCUT2D eigenvalue weighted by molar-refractivity contribution is 5.80. The van der Waals surface area contributed by atoms with Gasteiger partial charge in [0.2, 0.25) is 0 Å². The van der Waals surface area contributed by atoms with Crippen molar-refractivity contribution in [3.63, 3.8) is 0 Å². The first-order valence-electron chi connectivity index (χ1n) is 9.81. The first-order chi connectivity index (χ1) is 13.9. The lowest BCUT2D eigenvalue weighted by molar-refractivity contribution is -0.163. The molecule has 29 heavy (non-hydrogen) atoms. The minimum Gasteiger partial charge on any atom is -0.462 e. The summed E-state index contributed by atoms with van der Waals surface area (Å²) in [6.45, 7) is 11.5. The number of carbonyl (C=O) groups is 1. The average Bonchev–Trinajstić information content (AvgIpc) is 2.74. The molecule has 5 nitrogen and oxygen atoms in total. The number of rotatable bonds is 9. The molecule has 1 N–H and O–H groups in total. The van der Waals surface area contributed by atoms with Gasteiger partial charge < -0.3 is 14.7 Å². The van der Waals surface area contributed by atoms with Gasteiger partial charge in [-0.05, 0) is 56.8 Å². The van der Waals surface area contributed by atoms with Crippen LogP contribution < -0.4 is 4.90 Å². The number of aliphatic imine (C=N–C) groups is 1. The number of ether oxygens (including phenoxy) is 1. The molecule has 6 heteroatoms. The van der Waals surface area contributed by atoms with Gasteiger partial charge in [0.1, 0.15) is 5.82 Å². The number of hydrogen-bond acceptors (Lipinski definition) is 5. The molecule has 2 aromatic carbocycles. The minimum atomic E-state index is -2.07. The van der Waals surface area contributed by atoms with E-state index in [2.05, 4.69) is 11.7 Å². The zero-order valence-corrected chi connectivity index (χ0v) is 17.7. The number of anilines is 1. The van der Waals surface area contributed by atoms with Crippen LogP contribution in [0.15, 0.2) is 53.5 Å². The van der Waals surface area contributed by atoms with Crippen LogP contribution in [0.2, 0.25) is 0 Å². The third kappa shape index (κ3) is 7.31. The number of nitrogens with zero attached hydrogens (tertiary/aromatic N) is 2. The molecule has 0 aromatic heterocycles. The summed E-state index contributed by atoms with van der Waals surface area (Å²) in [5.41, 5.74) is 0.803. The molecule has 0 radical (unpaired) electrons. The molecule has 0 aliphatic heterocycles. The molecule has 0 aliphatic carbocycles. The van der Waals surface area contributed by atoms with Crippen LogP contribution in [-0.4, -0.2) is 43.2 Å². The molecule has 0 heterocycles. The van der Waals surface area contributed by atoms with Crippen molar-refractivity contribution in [1.29, 1.82) is 0 Å². The van der Waals surface area contributed by atoms with E-state index in [-0.39, 0.29) is 19.0 Å². The lowest BCUT2D eigenvalue weighted by Crippen LogP contribution is -2.49. The first-order valence-corrected chi connectivity index (χ1v) is 9.81. The quantitative estimate of drug-likeness (QED) is 0.505. The molecule has 0 aliphatic rings. The van der Waals surface area contributed by atoms with E-state index in [1.165, 1.54) is 12.1 Å². The van der Waals surface area contributed by atoms with Crippen LogP contribution in [0.25, 0.3) is 0 Å². The zero-order valence-electron chi connectivity index (χ0n) is 17.7. The van der Waals surface area contributed by atoms with Crippen molar-refractivity contribution in [3.8, 4) is 0 Å². The summed E-state index contributed by atoms with van der Waals surface area (Å²) in [6, 6.07) is 14.0. The Hall–Kier alpha value is -2.73. The summed E-state index contributed by atoms with van der Waals surface area (Å²) in [5.74, 6) is -1.12. The van der Waals surface area contributed by atoms with E-state index in [0.29, 0.717) is 13.0 Å².